The second-order valence-corrected chi connectivity index (χ2v) is 5.21. The third-order valence-electron chi connectivity index (χ3n) is 2.59. The fourth-order valence-corrected chi connectivity index (χ4v) is 3.01. The van der Waals surface area contributed by atoms with Gasteiger partial charge in [0.05, 0.1) is 6.61 Å². The fourth-order valence-electron chi connectivity index (χ4n) is 1.81. The number of pyridine rings is 1. The van der Waals surface area contributed by atoms with Crippen LogP contribution < -0.4 is 10.1 Å². The largest absolute Gasteiger partial charge is 0.490 e. The van der Waals surface area contributed by atoms with Crippen LogP contribution in [-0.2, 0) is 0 Å². The zero-order valence-corrected chi connectivity index (χ0v) is 10.4. The Labute approximate surface area is 101 Å². The highest BCUT2D eigenvalue weighted by Crippen LogP contribution is 2.27. The zero-order chi connectivity index (χ0) is 11.2. The summed E-state index contributed by atoms with van der Waals surface area (Å²) in [7, 11) is 0. The Hall–Kier alpha value is -0.900. The van der Waals surface area contributed by atoms with Gasteiger partial charge in [-0.05, 0) is 37.7 Å². The van der Waals surface area contributed by atoms with Crippen molar-refractivity contribution in [2.75, 3.05) is 24.2 Å². The van der Waals surface area contributed by atoms with E-state index in [1.54, 1.807) is 6.20 Å². The van der Waals surface area contributed by atoms with Crippen LogP contribution in [0.1, 0.15) is 19.8 Å². The van der Waals surface area contributed by atoms with Crippen molar-refractivity contribution in [1.82, 2.24) is 4.98 Å². The van der Waals surface area contributed by atoms with E-state index < -0.39 is 0 Å². The molecule has 1 aromatic rings. The van der Waals surface area contributed by atoms with Crippen molar-refractivity contribution in [2.45, 2.75) is 25.0 Å². The third-order valence-corrected chi connectivity index (χ3v) is 3.99. The smallest absolute Gasteiger partial charge is 0.168 e. The zero-order valence-electron chi connectivity index (χ0n) is 9.61. The molecule has 0 aliphatic carbocycles. The lowest BCUT2D eigenvalue weighted by atomic mass is 10.2. The molecule has 88 valence electrons. The average molecular weight is 238 g/mol. The first-order valence-corrected chi connectivity index (χ1v) is 6.88. The molecule has 1 saturated heterocycles. The maximum absolute atomic E-state index is 5.52. The van der Waals surface area contributed by atoms with Crippen molar-refractivity contribution >= 4 is 17.6 Å². The number of hydrogen-bond donors (Lipinski definition) is 1. The Morgan fingerprint density at radius 3 is 3.31 bits per heavy atom. The number of nitrogens with one attached hydrogen (secondary N) is 1. The molecule has 1 atom stereocenters. The maximum atomic E-state index is 5.52. The minimum atomic E-state index is 0.679. The van der Waals surface area contributed by atoms with Crippen LogP contribution in [-0.4, -0.2) is 29.1 Å². The third kappa shape index (κ3) is 3.04. The van der Waals surface area contributed by atoms with Gasteiger partial charge in [-0.25, -0.2) is 4.98 Å². The molecule has 1 aromatic heterocycles. The van der Waals surface area contributed by atoms with E-state index in [1.165, 1.54) is 18.6 Å². The van der Waals surface area contributed by atoms with Crippen molar-refractivity contribution in [3.8, 4) is 5.75 Å². The van der Waals surface area contributed by atoms with Gasteiger partial charge in [0.25, 0.3) is 0 Å². The predicted octanol–water partition coefficient (Wildman–Crippen LogP) is 2.79. The molecule has 0 aromatic carbocycles. The molecule has 1 aliphatic heterocycles. The summed E-state index contributed by atoms with van der Waals surface area (Å²) in [5.41, 5.74) is 0. The molecule has 0 amide bonds. The Morgan fingerprint density at radius 2 is 2.56 bits per heavy atom. The van der Waals surface area contributed by atoms with Crippen LogP contribution in [0.25, 0.3) is 0 Å². The normalized spacial score (nSPS) is 19.7. The van der Waals surface area contributed by atoms with Gasteiger partial charge in [0, 0.05) is 18.0 Å². The van der Waals surface area contributed by atoms with Crippen molar-refractivity contribution in [3.05, 3.63) is 18.3 Å². The van der Waals surface area contributed by atoms with Crippen LogP contribution in [0.15, 0.2) is 18.3 Å². The van der Waals surface area contributed by atoms with Crippen LogP contribution in [0.4, 0.5) is 5.82 Å². The summed E-state index contributed by atoms with van der Waals surface area (Å²) in [5.74, 6) is 3.03. The molecule has 1 unspecified atom stereocenters. The van der Waals surface area contributed by atoms with E-state index in [-0.39, 0.29) is 0 Å². The van der Waals surface area contributed by atoms with Gasteiger partial charge >= 0.3 is 0 Å². The minimum absolute atomic E-state index is 0.679. The summed E-state index contributed by atoms with van der Waals surface area (Å²) in [5, 5.41) is 4.12. The standard InChI is InChI=1S/C12H18N2OS/c1-2-15-11-6-3-7-13-12(11)14-9-10-5-4-8-16-10/h3,6-7,10H,2,4-5,8-9H2,1H3,(H,13,14). The van der Waals surface area contributed by atoms with E-state index in [0.717, 1.165) is 23.4 Å². The van der Waals surface area contributed by atoms with Crippen molar-refractivity contribution in [3.63, 3.8) is 0 Å². The SMILES string of the molecule is CCOc1cccnc1NCC1CCCS1. The van der Waals surface area contributed by atoms with Gasteiger partial charge in [0.2, 0.25) is 0 Å². The maximum Gasteiger partial charge on any atom is 0.168 e. The molecule has 1 N–H and O–H groups in total. The molecule has 0 bridgehead atoms. The second kappa shape index (κ2) is 5.99. The van der Waals surface area contributed by atoms with Crippen LogP contribution in [0.5, 0.6) is 5.75 Å². The number of rotatable bonds is 5. The van der Waals surface area contributed by atoms with Crippen molar-refractivity contribution < 1.29 is 4.74 Å². The number of anilines is 1. The van der Waals surface area contributed by atoms with Gasteiger partial charge < -0.3 is 10.1 Å². The first kappa shape index (κ1) is 11.6. The summed E-state index contributed by atoms with van der Waals surface area (Å²) in [4.78, 5) is 4.31. The topological polar surface area (TPSA) is 34.1 Å². The molecular weight excluding hydrogens is 220 g/mol. The van der Waals surface area contributed by atoms with E-state index in [9.17, 15) is 0 Å². The molecule has 2 heterocycles. The lowest BCUT2D eigenvalue weighted by Gasteiger charge is -2.13. The highest BCUT2D eigenvalue weighted by molar-refractivity contribution is 8.00. The van der Waals surface area contributed by atoms with Crippen molar-refractivity contribution in [1.29, 1.82) is 0 Å². The molecule has 2 rings (SSSR count). The molecule has 0 radical (unpaired) electrons. The van der Waals surface area contributed by atoms with Gasteiger partial charge in [-0.3, -0.25) is 0 Å². The number of thioether (sulfide) groups is 1. The van der Waals surface area contributed by atoms with Gasteiger partial charge in [0.15, 0.2) is 11.6 Å². The quantitative estimate of drug-likeness (QED) is 0.855. The molecule has 0 saturated carbocycles. The highest BCUT2D eigenvalue weighted by atomic mass is 32.2. The van der Waals surface area contributed by atoms with Gasteiger partial charge in [-0.1, -0.05) is 0 Å². The Balaban J connectivity index is 1.91. The first-order valence-electron chi connectivity index (χ1n) is 5.83. The van der Waals surface area contributed by atoms with E-state index in [2.05, 4.69) is 10.3 Å². The Kier molecular flexibility index (Phi) is 4.34. The van der Waals surface area contributed by atoms with E-state index in [0.29, 0.717) is 6.61 Å². The number of nitrogens with zero attached hydrogens (tertiary/aromatic N) is 1. The molecule has 0 spiro atoms. The predicted molar refractivity (Wildman–Crippen MR) is 69.4 cm³/mol. The Morgan fingerprint density at radius 1 is 1.62 bits per heavy atom. The first-order chi connectivity index (χ1) is 7.90. The molecule has 4 heteroatoms. The summed E-state index contributed by atoms with van der Waals surface area (Å²) in [6.45, 7) is 3.66. The summed E-state index contributed by atoms with van der Waals surface area (Å²) in [6.07, 6.45) is 4.46. The minimum Gasteiger partial charge on any atom is -0.490 e. The van der Waals surface area contributed by atoms with Gasteiger partial charge in [-0.2, -0.15) is 11.8 Å². The summed E-state index contributed by atoms with van der Waals surface area (Å²) >= 11 is 2.05. The van der Waals surface area contributed by atoms with Gasteiger partial charge in [0.1, 0.15) is 0 Å². The van der Waals surface area contributed by atoms with Crippen LogP contribution in [0, 0.1) is 0 Å². The summed E-state index contributed by atoms with van der Waals surface area (Å²) < 4.78 is 5.52. The van der Waals surface area contributed by atoms with E-state index in [4.69, 9.17) is 4.74 Å². The van der Waals surface area contributed by atoms with Crippen LogP contribution in [0.3, 0.4) is 0 Å². The number of aromatic nitrogens is 1. The molecule has 16 heavy (non-hydrogen) atoms. The molecule has 1 fully saturated rings. The molecular formula is C12H18N2OS. The van der Waals surface area contributed by atoms with Crippen LogP contribution in [0.2, 0.25) is 0 Å². The number of hydrogen-bond acceptors (Lipinski definition) is 4. The second-order valence-electron chi connectivity index (χ2n) is 3.80. The van der Waals surface area contributed by atoms with E-state index >= 15 is 0 Å². The Bertz CT molecular complexity index is 327. The fraction of sp³-hybridized carbons (Fsp3) is 0.583. The molecule has 3 nitrogen and oxygen atoms in total. The van der Waals surface area contributed by atoms with E-state index in [1.807, 2.05) is 30.8 Å². The molecule has 1 aliphatic rings. The average Bonchev–Trinajstić information content (AvgIpc) is 2.81. The van der Waals surface area contributed by atoms with Crippen LogP contribution >= 0.6 is 11.8 Å². The van der Waals surface area contributed by atoms with Crippen molar-refractivity contribution in [2.24, 2.45) is 0 Å². The lowest BCUT2D eigenvalue weighted by molar-refractivity contribution is 0.340. The number of ether oxygens (including phenoxy) is 1. The van der Waals surface area contributed by atoms with Gasteiger partial charge in [-0.15, -0.1) is 0 Å². The summed E-state index contributed by atoms with van der Waals surface area (Å²) in [6, 6.07) is 3.86. The highest BCUT2D eigenvalue weighted by Gasteiger charge is 2.15. The monoisotopic (exact) mass is 238 g/mol. The lowest BCUT2D eigenvalue weighted by Crippen LogP contribution is -2.15.